The first-order valence-corrected chi connectivity index (χ1v) is 6.66. The monoisotopic (exact) mass is 238 g/mol. The first-order valence-electron chi connectivity index (χ1n) is 6.66. The van der Waals surface area contributed by atoms with Gasteiger partial charge in [0.2, 0.25) is 0 Å². The fraction of sp³-hybridized carbons (Fsp3) is 0.312. The van der Waals surface area contributed by atoms with Crippen LogP contribution in [0.3, 0.4) is 0 Å². The van der Waals surface area contributed by atoms with Gasteiger partial charge in [-0.15, -0.1) is 0 Å². The summed E-state index contributed by atoms with van der Waals surface area (Å²) in [6.45, 7) is 2.18. The average Bonchev–Trinajstić information content (AvgIpc) is 2.83. The molecule has 1 aliphatic rings. The van der Waals surface area contributed by atoms with Gasteiger partial charge in [0.1, 0.15) is 0 Å². The highest BCUT2D eigenvalue weighted by molar-refractivity contribution is 5.48. The minimum atomic E-state index is 0.369. The van der Waals surface area contributed by atoms with Gasteiger partial charge >= 0.3 is 0 Å². The molecule has 1 aromatic carbocycles. The third kappa shape index (κ3) is 2.10. The Kier molecular flexibility index (Phi) is 3.01. The van der Waals surface area contributed by atoms with Crippen molar-refractivity contribution in [1.29, 1.82) is 0 Å². The van der Waals surface area contributed by atoms with E-state index < -0.39 is 0 Å². The second-order valence-electron chi connectivity index (χ2n) is 4.83. The molecule has 18 heavy (non-hydrogen) atoms. The molecule has 2 heteroatoms. The molecule has 1 aliphatic carbocycles. The van der Waals surface area contributed by atoms with Crippen molar-refractivity contribution in [3.8, 4) is 0 Å². The lowest BCUT2D eigenvalue weighted by Crippen LogP contribution is -2.08. The van der Waals surface area contributed by atoms with Crippen LogP contribution in [0.1, 0.15) is 36.2 Å². The van der Waals surface area contributed by atoms with E-state index in [1.165, 1.54) is 22.5 Å². The highest BCUT2D eigenvalue weighted by Gasteiger charge is 2.22. The molecule has 0 radical (unpaired) electrons. The first-order chi connectivity index (χ1) is 8.86. The molecule has 3 rings (SSSR count). The van der Waals surface area contributed by atoms with Gasteiger partial charge in [-0.05, 0) is 48.6 Å². The predicted octanol–water partition coefficient (Wildman–Crippen LogP) is 3.74. The third-order valence-electron chi connectivity index (χ3n) is 3.66. The molecule has 0 fully saturated rings. The lowest BCUT2D eigenvalue weighted by molar-refractivity contribution is 0.746. The minimum absolute atomic E-state index is 0.369. The number of hydrogen-bond donors (Lipinski definition) is 1. The summed E-state index contributed by atoms with van der Waals surface area (Å²) in [6.07, 6.45) is 5.25. The Hall–Kier alpha value is -1.83. The molecule has 1 aromatic heterocycles. The maximum atomic E-state index is 4.51. The molecule has 1 heterocycles. The van der Waals surface area contributed by atoms with Crippen molar-refractivity contribution >= 4 is 5.69 Å². The molecule has 0 aliphatic heterocycles. The summed E-state index contributed by atoms with van der Waals surface area (Å²) in [5.74, 6) is 0. The lowest BCUT2D eigenvalue weighted by atomic mass is 10.1. The van der Waals surface area contributed by atoms with Gasteiger partial charge in [-0.25, -0.2) is 0 Å². The largest absolute Gasteiger partial charge is 0.377 e. The molecule has 2 nitrogen and oxygen atoms in total. The van der Waals surface area contributed by atoms with Crippen LogP contribution in [-0.2, 0) is 12.8 Å². The van der Waals surface area contributed by atoms with Crippen LogP contribution >= 0.6 is 0 Å². The van der Waals surface area contributed by atoms with Crippen LogP contribution in [0.25, 0.3) is 0 Å². The first kappa shape index (κ1) is 11.3. The predicted molar refractivity (Wildman–Crippen MR) is 74.7 cm³/mol. The summed E-state index contributed by atoms with van der Waals surface area (Å²) in [6, 6.07) is 13.3. The smallest absolute Gasteiger partial charge is 0.0691 e. The van der Waals surface area contributed by atoms with Crippen LogP contribution in [0.5, 0.6) is 0 Å². The summed E-state index contributed by atoms with van der Waals surface area (Å²) in [5.41, 5.74) is 5.18. The third-order valence-corrected chi connectivity index (χ3v) is 3.66. The molecule has 0 spiro atoms. The van der Waals surface area contributed by atoms with Crippen molar-refractivity contribution in [2.45, 2.75) is 32.2 Å². The number of anilines is 1. The minimum Gasteiger partial charge on any atom is -0.377 e. The normalized spacial score (nSPS) is 17.5. The molecule has 0 amide bonds. The zero-order valence-corrected chi connectivity index (χ0v) is 10.7. The van der Waals surface area contributed by atoms with Crippen molar-refractivity contribution < 1.29 is 0 Å². The van der Waals surface area contributed by atoms with Crippen LogP contribution < -0.4 is 5.32 Å². The Morgan fingerprint density at radius 1 is 1.22 bits per heavy atom. The van der Waals surface area contributed by atoms with E-state index in [-0.39, 0.29) is 0 Å². The van der Waals surface area contributed by atoms with Crippen LogP contribution in [0.15, 0.2) is 42.6 Å². The Bertz CT molecular complexity index is 531. The van der Waals surface area contributed by atoms with E-state index in [0.29, 0.717) is 6.04 Å². The SMILES string of the molecule is CCc1ccc(NC2CCc3cccnc32)cc1. The van der Waals surface area contributed by atoms with Gasteiger partial charge in [-0.1, -0.05) is 25.1 Å². The highest BCUT2D eigenvalue weighted by Crippen LogP contribution is 2.31. The van der Waals surface area contributed by atoms with Gasteiger partial charge in [0, 0.05) is 11.9 Å². The zero-order valence-electron chi connectivity index (χ0n) is 10.7. The summed E-state index contributed by atoms with van der Waals surface area (Å²) < 4.78 is 0. The van der Waals surface area contributed by atoms with E-state index >= 15 is 0 Å². The molecule has 1 unspecified atom stereocenters. The summed E-state index contributed by atoms with van der Waals surface area (Å²) >= 11 is 0. The fourth-order valence-corrected chi connectivity index (χ4v) is 2.59. The molecule has 2 aromatic rings. The average molecular weight is 238 g/mol. The summed E-state index contributed by atoms with van der Waals surface area (Å²) in [7, 11) is 0. The Morgan fingerprint density at radius 2 is 2.06 bits per heavy atom. The van der Waals surface area contributed by atoms with Gasteiger partial charge < -0.3 is 5.32 Å². The van der Waals surface area contributed by atoms with Gasteiger partial charge in [-0.2, -0.15) is 0 Å². The van der Waals surface area contributed by atoms with E-state index in [0.717, 1.165) is 19.3 Å². The fourth-order valence-electron chi connectivity index (χ4n) is 2.59. The van der Waals surface area contributed by atoms with Crippen molar-refractivity contribution in [1.82, 2.24) is 4.98 Å². The number of fused-ring (bicyclic) bond motifs is 1. The number of rotatable bonds is 3. The van der Waals surface area contributed by atoms with E-state index in [1.54, 1.807) is 0 Å². The summed E-state index contributed by atoms with van der Waals surface area (Å²) in [5, 5.41) is 3.59. The molecule has 1 N–H and O–H groups in total. The van der Waals surface area contributed by atoms with Crippen molar-refractivity contribution in [2.75, 3.05) is 5.32 Å². The van der Waals surface area contributed by atoms with Crippen LogP contribution in [0.2, 0.25) is 0 Å². The second kappa shape index (κ2) is 4.81. The maximum absolute atomic E-state index is 4.51. The number of pyridine rings is 1. The van der Waals surface area contributed by atoms with E-state index in [1.807, 2.05) is 12.3 Å². The second-order valence-corrected chi connectivity index (χ2v) is 4.83. The molecular formula is C16H18N2. The van der Waals surface area contributed by atoms with Gasteiger partial charge in [0.15, 0.2) is 0 Å². The molecule has 0 saturated carbocycles. The number of hydrogen-bond acceptors (Lipinski definition) is 2. The zero-order chi connectivity index (χ0) is 12.4. The van der Waals surface area contributed by atoms with Crippen LogP contribution in [0.4, 0.5) is 5.69 Å². The maximum Gasteiger partial charge on any atom is 0.0691 e. The van der Waals surface area contributed by atoms with Crippen molar-refractivity contribution in [2.24, 2.45) is 0 Å². The molecule has 0 saturated heterocycles. The van der Waals surface area contributed by atoms with E-state index in [4.69, 9.17) is 0 Å². The Labute approximate surface area is 108 Å². The lowest BCUT2D eigenvalue weighted by Gasteiger charge is -2.14. The number of aromatic nitrogens is 1. The van der Waals surface area contributed by atoms with Crippen molar-refractivity contribution in [3.05, 3.63) is 59.4 Å². The number of nitrogens with one attached hydrogen (secondary N) is 1. The highest BCUT2D eigenvalue weighted by atomic mass is 15.0. The standard InChI is InChI=1S/C16H18N2/c1-2-12-5-8-14(9-6-12)18-15-10-7-13-4-3-11-17-16(13)15/h3-6,8-9,11,15,18H,2,7,10H2,1H3. The van der Waals surface area contributed by atoms with E-state index in [9.17, 15) is 0 Å². The van der Waals surface area contributed by atoms with Crippen LogP contribution in [0, 0.1) is 0 Å². The topological polar surface area (TPSA) is 24.9 Å². The molecular weight excluding hydrogens is 220 g/mol. The molecule has 92 valence electrons. The summed E-state index contributed by atoms with van der Waals surface area (Å²) in [4.78, 5) is 4.51. The molecule has 1 atom stereocenters. The Balaban J connectivity index is 1.77. The van der Waals surface area contributed by atoms with Gasteiger partial charge in [-0.3, -0.25) is 4.98 Å². The Morgan fingerprint density at radius 3 is 2.83 bits per heavy atom. The molecule has 0 bridgehead atoms. The van der Waals surface area contributed by atoms with Crippen LogP contribution in [-0.4, -0.2) is 4.98 Å². The number of benzene rings is 1. The quantitative estimate of drug-likeness (QED) is 0.881. The van der Waals surface area contributed by atoms with Crippen molar-refractivity contribution in [3.63, 3.8) is 0 Å². The van der Waals surface area contributed by atoms with Gasteiger partial charge in [0.05, 0.1) is 11.7 Å². The van der Waals surface area contributed by atoms with E-state index in [2.05, 4.69) is 47.6 Å². The number of aryl methyl sites for hydroxylation is 2. The van der Waals surface area contributed by atoms with Gasteiger partial charge in [0.25, 0.3) is 0 Å². The number of nitrogens with zero attached hydrogens (tertiary/aromatic N) is 1.